The Morgan fingerprint density at radius 3 is 2.71 bits per heavy atom. The minimum atomic E-state index is -0.347. The van der Waals surface area contributed by atoms with E-state index in [9.17, 15) is 14.0 Å². The lowest BCUT2D eigenvalue weighted by Gasteiger charge is -2.31. The van der Waals surface area contributed by atoms with Crippen LogP contribution in [0.4, 0.5) is 4.39 Å². The highest BCUT2D eigenvalue weighted by molar-refractivity contribution is 14.1. The molecule has 1 aromatic carbocycles. The third kappa shape index (κ3) is 5.14. The van der Waals surface area contributed by atoms with Crippen LogP contribution in [0.1, 0.15) is 29.6 Å². The van der Waals surface area contributed by atoms with E-state index in [0.717, 1.165) is 6.42 Å². The number of likely N-dealkylation sites (tertiary alicyclic amines) is 1. The molecular weight excluding hydrogens is 426 g/mol. The molecule has 24 heavy (non-hydrogen) atoms. The molecule has 1 fully saturated rings. The van der Waals surface area contributed by atoms with Crippen molar-refractivity contribution in [2.45, 2.75) is 19.3 Å². The van der Waals surface area contributed by atoms with Gasteiger partial charge in [-0.2, -0.15) is 0 Å². The van der Waals surface area contributed by atoms with E-state index in [1.54, 1.807) is 12.0 Å². The lowest BCUT2D eigenvalue weighted by molar-refractivity contribution is -0.126. The number of carbonyl (C=O) groups is 2. The van der Waals surface area contributed by atoms with Gasteiger partial charge in [-0.3, -0.25) is 9.59 Å². The highest BCUT2D eigenvalue weighted by Gasteiger charge is 2.28. The molecule has 2 amide bonds. The summed E-state index contributed by atoms with van der Waals surface area (Å²) in [5, 5.41) is 2.91. The van der Waals surface area contributed by atoms with Gasteiger partial charge in [0, 0.05) is 42.8 Å². The first-order valence-corrected chi connectivity index (χ1v) is 9.11. The largest absolute Gasteiger partial charge is 0.385 e. The fraction of sp³-hybridized carbons (Fsp3) is 0.529. The molecule has 0 atom stereocenters. The SMILES string of the molecule is COCCCNC(=O)C1CCN(C(=O)c2ccc(F)cc2I)CC1. The Hall–Kier alpha value is -1.22. The molecule has 0 spiro atoms. The summed E-state index contributed by atoms with van der Waals surface area (Å²) in [5.74, 6) is -0.448. The summed E-state index contributed by atoms with van der Waals surface area (Å²) in [7, 11) is 1.64. The van der Waals surface area contributed by atoms with E-state index in [0.29, 0.717) is 48.2 Å². The molecule has 0 aliphatic carbocycles. The van der Waals surface area contributed by atoms with E-state index in [-0.39, 0.29) is 23.5 Å². The number of nitrogens with one attached hydrogen (secondary N) is 1. The lowest BCUT2D eigenvalue weighted by atomic mass is 9.95. The molecule has 132 valence electrons. The van der Waals surface area contributed by atoms with Crippen LogP contribution in [0.3, 0.4) is 0 Å². The van der Waals surface area contributed by atoms with Gasteiger partial charge in [-0.05, 0) is 60.1 Å². The van der Waals surface area contributed by atoms with E-state index >= 15 is 0 Å². The van der Waals surface area contributed by atoms with E-state index < -0.39 is 0 Å². The molecule has 0 unspecified atom stereocenters. The van der Waals surface area contributed by atoms with Crippen molar-refractivity contribution < 1.29 is 18.7 Å². The molecular formula is C17H22FIN2O3. The van der Waals surface area contributed by atoms with Gasteiger partial charge in [0.2, 0.25) is 5.91 Å². The average molecular weight is 448 g/mol. The van der Waals surface area contributed by atoms with E-state index in [1.165, 1.54) is 18.2 Å². The smallest absolute Gasteiger partial charge is 0.254 e. The van der Waals surface area contributed by atoms with Gasteiger partial charge in [0.25, 0.3) is 5.91 Å². The van der Waals surface area contributed by atoms with Crippen LogP contribution in [0.25, 0.3) is 0 Å². The van der Waals surface area contributed by atoms with Gasteiger partial charge in [-0.1, -0.05) is 0 Å². The Bertz CT molecular complexity index is 589. The quantitative estimate of drug-likeness (QED) is 0.538. The molecule has 0 saturated carbocycles. The number of methoxy groups -OCH3 is 1. The van der Waals surface area contributed by atoms with Crippen LogP contribution >= 0.6 is 22.6 Å². The first-order valence-electron chi connectivity index (χ1n) is 8.04. The van der Waals surface area contributed by atoms with Crippen LogP contribution in [0, 0.1) is 15.3 Å². The van der Waals surface area contributed by atoms with Crippen molar-refractivity contribution in [2.75, 3.05) is 33.4 Å². The number of halogens is 2. The van der Waals surface area contributed by atoms with Gasteiger partial charge in [-0.25, -0.2) is 4.39 Å². The topological polar surface area (TPSA) is 58.6 Å². The van der Waals surface area contributed by atoms with Crippen molar-refractivity contribution in [3.8, 4) is 0 Å². The normalized spacial score (nSPS) is 15.4. The van der Waals surface area contributed by atoms with Crippen molar-refractivity contribution >= 4 is 34.4 Å². The molecule has 0 aromatic heterocycles. The Labute approximate surface area is 155 Å². The number of benzene rings is 1. The first-order chi connectivity index (χ1) is 11.5. The van der Waals surface area contributed by atoms with E-state index in [4.69, 9.17) is 4.74 Å². The van der Waals surface area contributed by atoms with Gasteiger partial charge in [0.1, 0.15) is 5.82 Å². The van der Waals surface area contributed by atoms with E-state index in [1.807, 2.05) is 22.6 Å². The number of hydrogen-bond acceptors (Lipinski definition) is 3. The molecule has 7 heteroatoms. The zero-order valence-corrected chi connectivity index (χ0v) is 15.8. The minimum absolute atomic E-state index is 0.0505. The highest BCUT2D eigenvalue weighted by atomic mass is 127. The highest BCUT2D eigenvalue weighted by Crippen LogP contribution is 2.22. The summed E-state index contributed by atoms with van der Waals surface area (Å²) >= 11 is 1.97. The lowest BCUT2D eigenvalue weighted by Crippen LogP contribution is -2.43. The van der Waals surface area contributed by atoms with Gasteiger partial charge in [0.05, 0.1) is 5.56 Å². The molecule has 0 radical (unpaired) electrons. The van der Waals surface area contributed by atoms with Gasteiger partial charge < -0.3 is 15.0 Å². The first kappa shape index (κ1) is 19.1. The molecule has 1 N–H and O–H groups in total. The Balaban J connectivity index is 1.83. The number of carbonyl (C=O) groups excluding carboxylic acids is 2. The standard InChI is InChI=1S/C17H22FIN2O3/c1-24-10-2-7-20-16(22)12-5-8-21(9-6-12)17(23)14-4-3-13(18)11-15(14)19/h3-4,11-12H,2,5-10H2,1H3,(H,20,22). The summed E-state index contributed by atoms with van der Waals surface area (Å²) in [4.78, 5) is 26.4. The number of ether oxygens (including phenoxy) is 1. The fourth-order valence-corrected chi connectivity index (χ4v) is 3.46. The van der Waals surface area contributed by atoms with Crippen LogP contribution in [-0.4, -0.2) is 50.1 Å². The van der Waals surface area contributed by atoms with Gasteiger partial charge in [0.15, 0.2) is 0 Å². The third-order valence-corrected chi connectivity index (χ3v) is 5.03. The number of hydrogen-bond donors (Lipinski definition) is 1. The number of amides is 2. The second-order valence-corrected chi connectivity index (χ2v) is 6.99. The fourth-order valence-electron chi connectivity index (χ4n) is 2.75. The average Bonchev–Trinajstić information content (AvgIpc) is 2.58. The Kier molecular flexibility index (Phi) is 7.41. The zero-order valence-electron chi connectivity index (χ0n) is 13.7. The van der Waals surface area contributed by atoms with E-state index in [2.05, 4.69) is 5.32 Å². The van der Waals surface area contributed by atoms with Crippen molar-refractivity contribution in [3.63, 3.8) is 0 Å². The van der Waals surface area contributed by atoms with Gasteiger partial charge in [-0.15, -0.1) is 0 Å². The van der Waals surface area contributed by atoms with Crippen LogP contribution in [0.5, 0.6) is 0 Å². The zero-order chi connectivity index (χ0) is 17.5. The van der Waals surface area contributed by atoms with Crippen molar-refractivity contribution in [1.29, 1.82) is 0 Å². The number of rotatable bonds is 6. The maximum absolute atomic E-state index is 13.2. The summed E-state index contributed by atoms with van der Waals surface area (Å²) in [6.45, 7) is 2.33. The molecule has 5 nitrogen and oxygen atoms in total. The Morgan fingerprint density at radius 1 is 1.38 bits per heavy atom. The summed E-state index contributed by atoms with van der Waals surface area (Å²) in [5.41, 5.74) is 0.513. The maximum Gasteiger partial charge on any atom is 0.254 e. The van der Waals surface area contributed by atoms with Crippen molar-refractivity contribution in [2.24, 2.45) is 5.92 Å². The van der Waals surface area contributed by atoms with Crippen LogP contribution in [0.15, 0.2) is 18.2 Å². The predicted molar refractivity (Wildman–Crippen MR) is 97.2 cm³/mol. The summed E-state index contributed by atoms with van der Waals surface area (Å²) in [6.07, 6.45) is 2.10. The van der Waals surface area contributed by atoms with Crippen molar-refractivity contribution in [3.05, 3.63) is 33.1 Å². The molecule has 2 rings (SSSR count). The molecule has 1 heterocycles. The molecule has 1 aliphatic rings. The maximum atomic E-state index is 13.2. The Morgan fingerprint density at radius 2 is 2.08 bits per heavy atom. The van der Waals surface area contributed by atoms with Gasteiger partial charge >= 0.3 is 0 Å². The van der Waals surface area contributed by atoms with Crippen LogP contribution < -0.4 is 5.32 Å². The molecule has 0 bridgehead atoms. The monoisotopic (exact) mass is 448 g/mol. The predicted octanol–water partition coefficient (Wildman–Crippen LogP) is 2.44. The second-order valence-electron chi connectivity index (χ2n) is 5.83. The minimum Gasteiger partial charge on any atom is -0.385 e. The van der Waals surface area contributed by atoms with Crippen molar-refractivity contribution in [1.82, 2.24) is 10.2 Å². The molecule has 1 aliphatic heterocycles. The molecule has 1 aromatic rings. The third-order valence-electron chi connectivity index (χ3n) is 4.14. The summed E-state index contributed by atoms with van der Waals surface area (Å²) in [6, 6.07) is 4.18. The second kappa shape index (κ2) is 9.31. The van der Waals surface area contributed by atoms with Crippen LogP contribution in [-0.2, 0) is 9.53 Å². The number of piperidine rings is 1. The van der Waals surface area contributed by atoms with Crippen LogP contribution in [0.2, 0.25) is 0 Å². The molecule has 1 saturated heterocycles. The summed E-state index contributed by atoms with van der Waals surface area (Å²) < 4.78 is 18.7. The number of nitrogens with zero attached hydrogens (tertiary/aromatic N) is 1.